The molecule has 0 amide bonds. The van der Waals surface area contributed by atoms with E-state index in [0.29, 0.717) is 39.6 Å². The first-order valence-electron chi connectivity index (χ1n) is 29.2. The van der Waals surface area contributed by atoms with Crippen LogP contribution in [0.4, 0.5) is 0 Å². The van der Waals surface area contributed by atoms with Crippen molar-refractivity contribution in [1.29, 1.82) is 0 Å². The molecular formula is C59H136O12Si11. The summed E-state index contributed by atoms with van der Waals surface area (Å²) in [4.78, 5) is 0. The topological polar surface area (TPSA) is 111 Å². The lowest BCUT2D eigenvalue weighted by atomic mass is 10.1. The van der Waals surface area contributed by atoms with Gasteiger partial charge in [-0.3, -0.25) is 0 Å². The highest BCUT2D eigenvalue weighted by Gasteiger charge is 2.55. The van der Waals surface area contributed by atoms with Gasteiger partial charge < -0.3 is 52.2 Å². The van der Waals surface area contributed by atoms with Crippen molar-refractivity contribution in [3.05, 3.63) is 70.8 Å². The molecule has 0 fully saturated rings. The first-order valence-corrected chi connectivity index (χ1v) is 62.3. The highest BCUT2D eigenvalue weighted by Crippen LogP contribution is 2.34. The van der Waals surface area contributed by atoms with E-state index in [-0.39, 0.29) is 35.8 Å². The summed E-state index contributed by atoms with van der Waals surface area (Å²) in [5, 5.41) is 0. The number of rotatable bonds is 39. The third-order valence-electron chi connectivity index (χ3n) is 12.7. The molecule has 0 aliphatic heterocycles. The van der Waals surface area contributed by atoms with Crippen molar-refractivity contribution in [2.75, 3.05) is 40.6 Å². The van der Waals surface area contributed by atoms with E-state index in [2.05, 4.69) is 199 Å². The highest BCUT2D eigenvalue weighted by molar-refractivity contribution is 6.91. The Morgan fingerprint density at radius 1 is 0.366 bits per heavy atom. The molecule has 0 atom stereocenters. The quantitative estimate of drug-likeness (QED) is 0.0469. The number of aryl methyl sites for hydroxylation is 2. The molecule has 2 rings (SSSR count). The number of hydrogen-bond donors (Lipinski definition) is 0. The SMILES string of the molecule is C.C.C.C.CC[Si](C)(C)O[Si](C)(C)CCc1cccc(COCCOC)c1.COCCOCc1cccc(CC[Si](C)(C)O[Si](C)(C)CC[Si](C)(C)O[Si](C)(C)O[Si](C)(C)CC[Si](C)(C)O[Si](OC(C)C)(O[Si](C)(C)C)O[Si](C)(C)C)c1. The Bertz CT molecular complexity index is 1980. The summed E-state index contributed by atoms with van der Waals surface area (Å²) in [6, 6.07) is 25.2. The van der Waals surface area contributed by atoms with Crippen LogP contribution in [-0.4, -0.2) is 139 Å². The van der Waals surface area contributed by atoms with Crippen molar-refractivity contribution in [3.63, 3.8) is 0 Å². The molecule has 0 radical (unpaired) electrons. The largest absolute Gasteiger partial charge is 0.647 e. The summed E-state index contributed by atoms with van der Waals surface area (Å²) < 4.78 is 76.5. The van der Waals surface area contributed by atoms with Gasteiger partial charge in [-0.15, -0.1) is 0 Å². The minimum Gasteiger partial charge on any atom is -0.455 e. The van der Waals surface area contributed by atoms with Gasteiger partial charge in [-0.2, -0.15) is 0 Å². The standard InChI is InChI=1S/C37H86O9Si9.C18H34O3Si2.4CH4/c1-35(2)40-55(41-47(4,5)6,42-48(7,8)9)46-53(18,19)32-31-52(16,17)45-54(20,21)44-51(14,15)30-29-50(12,13)43-49(10,11)28-25-36-23-22-24-37(33-36)34-39-27-26-38-3;1-7-22(3,4)21-23(5,6)14-11-17-9-8-10-18(15-17)16-20-13-12-19-2;;;;/h22-24,33,35H,25-32,34H2,1-21H3;8-10,15H,7,11-14,16H2,1-6H3;4*1H4. The molecule has 2 aromatic rings. The molecule has 12 nitrogen and oxygen atoms in total. The van der Waals surface area contributed by atoms with Gasteiger partial charge in [-0.1, -0.05) is 85.2 Å². The Morgan fingerprint density at radius 3 is 0.988 bits per heavy atom. The number of hydrogen-bond acceptors (Lipinski definition) is 12. The number of methoxy groups -OCH3 is 2. The van der Waals surface area contributed by atoms with E-state index in [1.165, 1.54) is 34.3 Å². The normalized spacial score (nSPS) is 13.4. The summed E-state index contributed by atoms with van der Waals surface area (Å²) in [7, 11) is -19.6. The van der Waals surface area contributed by atoms with E-state index < -0.39 is 92.5 Å². The average molecular weight is 1350 g/mol. The zero-order valence-corrected chi connectivity index (χ0v) is 66.2. The Balaban J connectivity index is -0.000000946. The molecule has 0 aromatic heterocycles. The van der Waals surface area contributed by atoms with Crippen LogP contribution >= 0.6 is 0 Å². The fourth-order valence-corrected chi connectivity index (χ4v) is 58.3. The Kier molecular flexibility index (Phi) is 42.0. The molecule has 0 saturated carbocycles. The molecule has 0 N–H and O–H groups in total. The second-order valence-electron chi connectivity index (χ2n) is 28.4. The van der Waals surface area contributed by atoms with Crippen LogP contribution in [0.3, 0.4) is 0 Å². The van der Waals surface area contributed by atoms with Crippen LogP contribution < -0.4 is 0 Å². The van der Waals surface area contributed by atoms with Crippen molar-refractivity contribution in [1.82, 2.24) is 0 Å². The fraction of sp³-hybridized carbons (Fsp3) is 0.797. The van der Waals surface area contributed by atoms with Crippen LogP contribution in [0.25, 0.3) is 0 Å². The monoisotopic (exact) mass is 1340 g/mol. The second-order valence-corrected chi connectivity index (χ2v) is 75.0. The molecule has 0 aliphatic rings. The lowest BCUT2D eigenvalue weighted by Crippen LogP contribution is -2.63. The number of ether oxygens (including phenoxy) is 4. The summed E-state index contributed by atoms with van der Waals surface area (Å²) in [6.45, 7) is 60.8. The van der Waals surface area contributed by atoms with E-state index in [0.717, 1.165) is 43.1 Å². The van der Waals surface area contributed by atoms with Gasteiger partial charge in [0.2, 0.25) is 0 Å². The molecule has 0 saturated heterocycles. The van der Waals surface area contributed by atoms with Crippen LogP contribution in [0.5, 0.6) is 0 Å². The third-order valence-corrected chi connectivity index (χ3v) is 52.2. The van der Waals surface area contributed by atoms with Crippen molar-refractivity contribution in [2.45, 2.75) is 269 Å². The lowest BCUT2D eigenvalue weighted by molar-refractivity contribution is 0.0542. The predicted octanol–water partition coefficient (Wildman–Crippen LogP) is 19.1. The maximum atomic E-state index is 7.11. The molecule has 488 valence electrons. The van der Waals surface area contributed by atoms with Crippen LogP contribution in [-0.2, 0) is 78.2 Å². The lowest BCUT2D eigenvalue weighted by Gasteiger charge is -2.43. The van der Waals surface area contributed by atoms with Gasteiger partial charge in [0.1, 0.15) is 0 Å². The molecule has 0 bridgehead atoms. The molecule has 0 heterocycles. The Morgan fingerprint density at radius 2 is 0.671 bits per heavy atom. The maximum absolute atomic E-state index is 7.11. The van der Waals surface area contributed by atoms with Crippen molar-refractivity contribution in [3.8, 4) is 0 Å². The summed E-state index contributed by atoms with van der Waals surface area (Å²) in [5.41, 5.74) is 5.20. The van der Waals surface area contributed by atoms with Gasteiger partial charge >= 0.3 is 17.6 Å². The average Bonchev–Trinajstić information content (AvgIpc) is 3.24. The zero-order valence-electron chi connectivity index (χ0n) is 55.2. The van der Waals surface area contributed by atoms with Crippen molar-refractivity contribution in [2.24, 2.45) is 0 Å². The van der Waals surface area contributed by atoms with Crippen molar-refractivity contribution >= 4 is 92.5 Å². The summed E-state index contributed by atoms with van der Waals surface area (Å²) >= 11 is 0. The summed E-state index contributed by atoms with van der Waals surface area (Å²) in [5.74, 6) is 0. The van der Waals surface area contributed by atoms with Crippen LogP contribution in [0.2, 0.25) is 186 Å². The molecule has 82 heavy (non-hydrogen) atoms. The molecule has 23 heteroatoms. The summed E-state index contributed by atoms with van der Waals surface area (Å²) in [6.07, 6.45) is 2.09. The molecule has 2 aromatic carbocycles. The molecular weight excluding hydrogens is 1210 g/mol. The van der Waals surface area contributed by atoms with E-state index in [9.17, 15) is 0 Å². The Labute approximate surface area is 521 Å². The second kappa shape index (κ2) is 38.8. The van der Waals surface area contributed by atoms with Crippen LogP contribution in [0.15, 0.2) is 48.5 Å². The molecule has 0 spiro atoms. The highest BCUT2D eigenvalue weighted by atomic mass is 28.5. The van der Waals surface area contributed by atoms with Gasteiger partial charge in [0.25, 0.3) is 0 Å². The van der Waals surface area contributed by atoms with E-state index in [1.54, 1.807) is 14.2 Å². The minimum atomic E-state index is -3.37. The minimum absolute atomic E-state index is 0. The zero-order chi connectivity index (χ0) is 60.1. The Hall–Kier alpha value is 0.346. The fourth-order valence-electron chi connectivity index (χ4n) is 9.25. The van der Waals surface area contributed by atoms with Gasteiger partial charge in [-0.25, -0.2) is 0 Å². The predicted molar refractivity (Wildman–Crippen MR) is 386 cm³/mol. The first-order chi connectivity index (χ1) is 35.4. The van der Waals surface area contributed by atoms with E-state index in [4.69, 9.17) is 52.2 Å². The van der Waals surface area contributed by atoms with Gasteiger partial charge in [-0.05, 0) is 235 Å². The van der Waals surface area contributed by atoms with Crippen LogP contribution in [0.1, 0.15) is 72.7 Å². The van der Waals surface area contributed by atoms with Gasteiger partial charge in [0, 0.05) is 20.3 Å². The van der Waals surface area contributed by atoms with Gasteiger partial charge in [0.05, 0.1) is 39.6 Å². The number of benzene rings is 2. The molecule has 0 aliphatic carbocycles. The molecule has 0 unspecified atom stereocenters. The van der Waals surface area contributed by atoms with E-state index in [1.807, 2.05) is 13.8 Å². The third kappa shape index (κ3) is 43.1. The smallest absolute Gasteiger partial charge is 0.455 e. The van der Waals surface area contributed by atoms with Gasteiger partial charge in [0.15, 0.2) is 74.9 Å². The maximum Gasteiger partial charge on any atom is 0.647 e. The van der Waals surface area contributed by atoms with Crippen LogP contribution in [0, 0.1) is 0 Å². The van der Waals surface area contributed by atoms with Crippen molar-refractivity contribution < 1.29 is 52.2 Å². The first kappa shape index (κ1) is 88.8. The van der Waals surface area contributed by atoms with E-state index >= 15 is 0 Å².